The summed E-state index contributed by atoms with van der Waals surface area (Å²) in [4.78, 5) is 12.3. The Morgan fingerprint density at radius 1 is 1.19 bits per heavy atom. The first-order chi connectivity index (χ1) is 12.7. The molecule has 8 nitrogen and oxygen atoms in total. The topological polar surface area (TPSA) is 119 Å². The molecule has 3 rings (SSSR count). The molecule has 0 saturated heterocycles. The van der Waals surface area contributed by atoms with Gasteiger partial charge >= 0.3 is 0 Å². The van der Waals surface area contributed by atoms with Crippen molar-refractivity contribution in [3.8, 4) is 6.07 Å². The molecule has 128 valence electrons. The summed E-state index contributed by atoms with van der Waals surface area (Å²) in [5, 5.41) is 28.2. The van der Waals surface area contributed by atoms with Crippen LogP contribution in [-0.2, 0) is 0 Å². The van der Waals surface area contributed by atoms with E-state index in [0.717, 1.165) is 5.56 Å². The lowest BCUT2D eigenvalue weighted by Crippen LogP contribution is -2.11. The zero-order valence-electron chi connectivity index (χ0n) is 13.9. The molecule has 0 saturated carbocycles. The molecule has 2 aromatic carbocycles. The summed E-state index contributed by atoms with van der Waals surface area (Å²) < 4.78 is 0. The van der Waals surface area contributed by atoms with Crippen molar-refractivity contribution >= 4 is 22.9 Å². The van der Waals surface area contributed by atoms with Crippen LogP contribution in [0.5, 0.6) is 0 Å². The second-order valence-electron chi connectivity index (χ2n) is 5.45. The number of anilines is 2. The van der Waals surface area contributed by atoms with Gasteiger partial charge in [0.1, 0.15) is 11.6 Å². The molecule has 0 aliphatic heterocycles. The average molecular weight is 345 g/mol. The molecule has 0 spiro atoms. The van der Waals surface area contributed by atoms with Crippen LogP contribution in [0.15, 0.2) is 54.7 Å². The smallest absolute Gasteiger partial charge is 0.255 e. The first-order valence-corrected chi connectivity index (χ1v) is 7.74. The number of tetrazole rings is 1. The zero-order valence-corrected chi connectivity index (χ0v) is 13.9. The second-order valence-corrected chi connectivity index (χ2v) is 5.45. The number of amides is 1. The Labute approximate surface area is 149 Å². The minimum atomic E-state index is -0.192. The third-order valence-corrected chi connectivity index (χ3v) is 3.52. The third-order valence-electron chi connectivity index (χ3n) is 3.52. The SMILES string of the molecule is Cc1ccc(C(=O)Nc2cccc(NC=C(C#N)c3nn[nH]n3)c2)cc1. The lowest BCUT2D eigenvalue weighted by molar-refractivity contribution is 0.102. The summed E-state index contributed by atoms with van der Waals surface area (Å²) in [6.45, 7) is 1.97. The molecule has 26 heavy (non-hydrogen) atoms. The fraction of sp³-hybridized carbons (Fsp3) is 0.0556. The average Bonchev–Trinajstić information content (AvgIpc) is 3.18. The van der Waals surface area contributed by atoms with E-state index in [0.29, 0.717) is 16.9 Å². The minimum Gasteiger partial charge on any atom is -0.360 e. The molecule has 3 N–H and O–H groups in total. The van der Waals surface area contributed by atoms with Gasteiger partial charge in [-0.1, -0.05) is 23.8 Å². The fourth-order valence-electron chi connectivity index (χ4n) is 2.17. The van der Waals surface area contributed by atoms with Gasteiger partial charge in [0.25, 0.3) is 5.91 Å². The first kappa shape index (κ1) is 16.9. The van der Waals surface area contributed by atoms with Crippen molar-refractivity contribution in [1.82, 2.24) is 20.6 Å². The number of aryl methyl sites for hydroxylation is 1. The molecule has 0 aliphatic carbocycles. The Balaban J connectivity index is 1.71. The fourth-order valence-corrected chi connectivity index (χ4v) is 2.17. The molecular weight excluding hydrogens is 330 g/mol. The van der Waals surface area contributed by atoms with Crippen molar-refractivity contribution in [3.05, 3.63) is 71.7 Å². The van der Waals surface area contributed by atoms with Crippen molar-refractivity contribution in [2.75, 3.05) is 10.6 Å². The summed E-state index contributed by atoms with van der Waals surface area (Å²) >= 11 is 0. The Bertz CT molecular complexity index is 970. The maximum absolute atomic E-state index is 12.3. The van der Waals surface area contributed by atoms with Gasteiger partial charge in [-0.2, -0.15) is 10.5 Å². The van der Waals surface area contributed by atoms with E-state index in [2.05, 4.69) is 31.3 Å². The van der Waals surface area contributed by atoms with Gasteiger partial charge in [0.05, 0.1) is 0 Å². The van der Waals surface area contributed by atoms with Crippen molar-refractivity contribution in [2.45, 2.75) is 6.92 Å². The normalized spacial score (nSPS) is 10.8. The highest BCUT2D eigenvalue weighted by Gasteiger charge is 2.07. The van der Waals surface area contributed by atoms with E-state index in [4.69, 9.17) is 5.26 Å². The van der Waals surface area contributed by atoms with E-state index in [1.165, 1.54) is 6.20 Å². The van der Waals surface area contributed by atoms with Crippen LogP contribution in [0.25, 0.3) is 5.57 Å². The van der Waals surface area contributed by atoms with E-state index in [-0.39, 0.29) is 17.3 Å². The maximum atomic E-state index is 12.3. The van der Waals surface area contributed by atoms with Gasteiger partial charge in [-0.05, 0) is 42.5 Å². The number of nitriles is 1. The highest BCUT2D eigenvalue weighted by atomic mass is 16.1. The predicted molar refractivity (Wildman–Crippen MR) is 97.0 cm³/mol. The Hall–Kier alpha value is -3.99. The number of nitrogens with one attached hydrogen (secondary N) is 3. The van der Waals surface area contributed by atoms with E-state index >= 15 is 0 Å². The highest BCUT2D eigenvalue weighted by Crippen LogP contribution is 2.17. The number of carbonyl (C=O) groups is 1. The largest absolute Gasteiger partial charge is 0.360 e. The standard InChI is InChI=1S/C18H15N7O/c1-12-5-7-13(8-6-12)18(26)21-16-4-2-3-15(9-16)20-11-14(10-19)17-22-24-25-23-17/h2-9,11,20H,1H3,(H,21,26)(H,22,23,24,25). The lowest BCUT2D eigenvalue weighted by Gasteiger charge is -2.08. The Kier molecular flexibility index (Phi) is 5.00. The van der Waals surface area contributed by atoms with Crippen LogP contribution in [0.3, 0.4) is 0 Å². The van der Waals surface area contributed by atoms with Gasteiger partial charge < -0.3 is 10.6 Å². The van der Waals surface area contributed by atoms with Gasteiger partial charge in [-0.3, -0.25) is 4.79 Å². The molecule has 0 atom stereocenters. The van der Waals surface area contributed by atoms with Gasteiger partial charge in [-0.25, -0.2) is 0 Å². The molecule has 0 unspecified atom stereocenters. The van der Waals surface area contributed by atoms with Crippen molar-refractivity contribution in [3.63, 3.8) is 0 Å². The first-order valence-electron chi connectivity index (χ1n) is 7.74. The van der Waals surface area contributed by atoms with Gasteiger partial charge in [-0.15, -0.1) is 10.2 Å². The van der Waals surface area contributed by atoms with E-state index < -0.39 is 0 Å². The molecule has 0 radical (unpaired) electrons. The van der Waals surface area contributed by atoms with Crippen LogP contribution in [0.1, 0.15) is 21.7 Å². The number of H-pyrrole nitrogens is 1. The molecule has 8 heteroatoms. The summed E-state index contributed by atoms with van der Waals surface area (Å²) in [6.07, 6.45) is 1.48. The van der Waals surface area contributed by atoms with Crippen LogP contribution < -0.4 is 10.6 Å². The summed E-state index contributed by atoms with van der Waals surface area (Å²) in [7, 11) is 0. The highest BCUT2D eigenvalue weighted by molar-refractivity contribution is 6.04. The molecule has 1 heterocycles. The van der Waals surface area contributed by atoms with Crippen molar-refractivity contribution in [2.24, 2.45) is 0 Å². The Morgan fingerprint density at radius 3 is 2.65 bits per heavy atom. The number of benzene rings is 2. The van der Waals surface area contributed by atoms with Crippen LogP contribution >= 0.6 is 0 Å². The summed E-state index contributed by atoms with van der Waals surface area (Å²) in [5.41, 5.74) is 3.23. The van der Waals surface area contributed by atoms with E-state index in [1.807, 2.05) is 31.2 Å². The number of hydrogen-bond acceptors (Lipinski definition) is 6. The quantitative estimate of drug-likeness (QED) is 0.612. The molecule has 1 aromatic heterocycles. The van der Waals surface area contributed by atoms with Gasteiger partial charge in [0, 0.05) is 23.1 Å². The molecule has 0 aliphatic rings. The summed E-state index contributed by atoms with van der Waals surface area (Å²) in [6, 6.07) is 16.5. The summed E-state index contributed by atoms with van der Waals surface area (Å²) in [5.74, 6) is 0.00558. The molecule has 0 bridgehead atoms. The third kappa shape index (κ3) is 4.10. The van der Waals surface area contributed by atoms with Crippen LogP contribution in [0.4, 0.5) is 11.4 Å². The van der Waals surface area contributed by atoms with Crippen LogP contribution in [0, 0.1) is 18.3 Å². The number of carbonyl (C=O) groups excluding carboxylic acids is 1. The van der Waals surface area contributed by atoms with Gasteiger partial charge in [0.2, 0.25) is 5.82 Å². The Morgan fingerprint density at radius 2 is 1.96 bits per heavy atom. The molecule has 0 fully saturated rings. The predicted octanol–water partition coefficient (Wildman–Crippen LogP) is 2.74. The number of nitrogens with zero attached hydrogens (tertiary/aromatic N) is 4. The van der Waals surface area contributed by atoms with Crippen LogP contribution in [-0.4, -0.2) is 26.5 Å². The maximum Gasteiger partial charge on any atom is 0.255 e. The van der Waals surface area contributed by atoms with Crippen LogP contribution in [0.2, 0.25) is 0 Å². The lowest BCUT2D eigenvalue weighted by atomic mass is 10.1. The number of allylic oxidation sites excluding steroid dienone is 1. The number of aromatic amines is 1. The number of hydrogen-bond donors (Lipinski definition) is 3. The zero-order chi connectivity index (χ0) is 18.4. The minimum absolute atomic E-state index is 0.192. The number of aromatic nitrogens is 4. The molecule has 1 amide bonds. The van der Waals surface area contributed by atoms with E-state index in [9.17, 15) is 4.79 Å². The monoisotopic (exact) mass is 345 g/mol. The molecule has 3 aromatic rings. The number of rotatable bonds is 5. The molecular formula is C18H15N7O. The van der Waals surface area contributed by atoms with Crippen molar-refractivity contribution < 1.29 is 4.79 Å². The van der Waals surface area contributed by atoms with Gasteiger partial charge in [0.15, 0.2) is 0 Å². The van der Waals surface area contributed by atoms with E-state index in [1.54, 1.807) is 30.3 Å². The van der Waals surface area contributed by atoms with Crippen molar-refractivity contribution in [1.29, 1.82) is 5.26 Å². The second kappa shape index (κ2) is 7.72.